The van der Waals surface area contributed by atoms with Gasteiger partial charge in [-0.2, -0.15) is 10.1 Å². The van der Waals surface area contributed by atoms with Crippen LogP contribution in [0.5, 0.6) is 5.88 Å². The van der Waals surface area contributed by atoms with Gasteiger partial charge in [0, 0.05) is 24.2 Å². The lowest BCUT2D eigenvalue weighted by atomic mass is 10.2. The number of aromatic nitrogens is 4. The quantitative estimate of drug-likeness (QED) is 0.483. The first kappa shape index (κ1) is 16.3. The Morgan fingerprint density at radius 3 is 2.83 bits per heavy atom. The zero-order valence-corrected chi connectivity index (χ0v) is 13.5. The summed E-state index contributed by atoms with van der Waals surface area (Å²) in [7, 11) is -0.719. The van der Waals surface area contributed by atoms with Gasteiger partial charge in [-0.05, 0) is 11.6 Å². The molecule has 124 valence electrons. The number of methoxy groups -OCH3 is 1. The Kier molecular flexibility index (Phi) is 4.66. The second kappa shape index (κ2) is 6.88. The molecule has 0 atom stereocenters. The van der Waals surface area contributed by atoms with E-state index in [2.05, 4.69) is 25.5 Å². The van der Waals surface area contributed by atoms with Gasteiger partial charge < -0.3 is 19.8 Å². The number of nitrogens with one attached hydrogen (secondary N) is 2. The molecule has 3 aromatic heterocycles. The third kappa shape index (κ3) is 3.33. The Morgan fingerprint density at radius 2 is 2.17 bits per heavy atom. The van der Waals surface area contributed by atoms with Crippen molar-refractivity contribution in [3.8, 4) is 5.88 Å². The van der Waals surface area contributed by atoms with E-state index in [0.717, 1.165) is 5.56 Å². The van der Waals surface area contributed by atoms with Crippen LogP contribution in [0.25, 0.3) is 10.8 Å². The van der Waals surface area contributed by atoms with E-state index >= 15 is 0 Å². The molecule has 4 N–H and O–H groups in total. The lowest BCUT2D eigenvalue weighted by Crippen LogP contribution is -2.13. The number of anilines is 1. The van der Waals surface area contributed by atoms with Crippen molar-refractivity contribution in [2.45, 2.75) is 6.54 Å². The number of H-pyrrole nitrogens is 1. The van der Waals surface area contributed by atoms with Gasteiger partial charge in [0.05, 0.1) is 18.7 Å². The molecule has 3 heterocycles. The number of fused-ring (bicyclic) bond motifs is 1. The molecule has 10 heteroatoms. The molecule has 0 aromatic carbocycles. The highest BCUT2D eigenvalue weighted by atomic mass is 31.2. The van der Waals surface area contributed by atoms with Crippen molar-refractivity contribution in [1.29, 1.82) is 0 Å². The van der Waals surface area contributed by atoms with Crippen LogP contribution in [0.2, 0.25) is 0 Å². The summed E-state index contributed by atoms with van der Waals surface area (Å²) in [5.74, 6) is 0.723. The largest absolute Gasteiger partial charge is 0.481 e. The smallest absolute Gasteiger partial charge is 0.275 e. The standard InChI is InChI=1S/C14H14N5O4P/c1-23-10-4-9-7-17-19-14(20)12(9)13(18-10)16-6-8-2-3-11(15-5-8)24(21)22/h2-5,7,21-22H,6H2,1H3,(H,16,18)(H,19,20). The van der Waals surface area contributed by atoms with Crippen LogP contribution in [-0.4, -0.2) is 37.1 Å². The number of rotatable bonds is 5. The highest BCUT2D eigenvalue weighted by Crippen LogP contribution is 2.23. The summed E-state index contributed by atoms with van der Waals surface area (Å²) in [6.07, 6.45) is 3.05. The molecule has 3 rings (SSSR count). The monoisotopic (exact) mass is 347 g/mol. The number of pyridine rings is 2. The fourth-order valence-corrected chi connectivity index (χ4v) is 2.52. The molecule has 0 unspecified atom stereocenters. The topological polar surface area (TPSA) is 133 Å². The van der Waals surface area contributed by atoms with Crippen LogP contribution >= 0.6 is 8.38 Å². The molecular formula is C14H14N5O4P. The predicted molar refractivity (Wildman–Crippen MR) is 89.3 cm³/mol. The van der Waals surface area contributed by atoms with Crippen LogP contribution in [0.1, 0.15) is 5.56 Å². The molecule has 0 fully saturated rings. The molecule has 0 aliphatic rings. The molecule has 0 aliphatic heterocycles. The van der Waals surface area contributed by atoms with E-state index in [1.165, 1.54) is 25.6 Å². The second-order valence-electron chi connectivity index (χ2n) is 4.84. The van der Waals surface area contributed by atoms with E-state index in [0.29, 0.717) is 29.0 Å². The molecule has 0 radical (unpaired) electrons. The van der Waals surface area contributed by atoms with Crippen LogP contribution in [0.3, 0.4) is 0 Å². The van der Waals surface area contributed by atoms with Gasteiger partial charge in [0.25, 0.3) is 5.56 Å². The summed E-state index contributed by atoms with van der Waals surface area (Å²) in [5.41, 5.74) is 0.657. The van der Waals surface area contributed by atoms with Gasteiger partial charge in [-0.25, -0.2) is 5.10 Å². The minimum Gasteiger partial charge on any atom is -0.481 e. The van der Waals surface area contributed by atoms with Gasteiger partial charge in [-0.1, -0.05) is 6.07 Å². The van der Waals surface area contributed by atoms with Crippen LogP contribution in [0, 0.1) is 0 Å². The van der Waals surface area contributed by atoms with Crippen molar-refractivity contribution < 1.29 is 14.5 Å². The molecule has 3 aromatic rings. The summed E-state index contributed by atoms with van der Waals surface area (Å²) >= 11 is 0. The highest BCUT2D eigenvalue weighted by molar-refractivity contribution is 7.53. The third-order valence-electron chi connectivity index (χ3n) is 3.31. The molecule has 24 heavy (non-hydrogen) atoms. The first-order valence-electron chi connectivity index (χ1n) is 6.87. The molecule has 0 bridgehead atoms. The molecular weight excluding hydrogens is 333 g/mol. The Morgan fingerprint density at radius 1 is 1.33 bits per heavy atom. The second-order valence-corrected chi connectivity index (χ2v) is 5.88. The first-order chi connectivity index (χ1) is 11.6. The van der Waals surface area contributed by atoms with Crippen molar-refractivity contribution in [3.63, 3.8) is 0 Å². The minimum absolute atomic E-state index is 0.223. The van der Waals surface area contributed by atoms with E-state index in [-0.39, 0.29) is 11.0 Å². The normalized spacial score (nSPS) is 11.0. The maximum atomic E-state index is 12.0. The lowest BCUT2D eigenvalue weighted by Gasteiger charge is -2.10. The average Bonchev–Trinajstić information content (AvgIpc) is 2.59. The molecule has 0 aliphatic carbocycles. The van der Waals surface area contributed by atoms with Crippen molar-refractivity contribution in [1.82, 2.24) is 20.2 Å². The van der Waals surface area contributed by atoms with Gasteiger partial charge in [-0.3, -0.25) is 9.78 Å². The van der Waals surface area contributed by atoms with Crippen LogP contribution < -0.4 is 21.0 Å². The van der Waals surface area contributed by atoms with Crippen LogP contribution in [0.15, 0.2) is 35.4 Å². The maximum Gasteiger partial charge on any atom is 0.275 e. The Hall–Kier alpha value is -2.61. The van der Waals surface area contributed by atoms with E-state index in [9.17, 15) is 4.79 Å². The van der Waals surface area contributed by atoms with E-state index in [4.69, 9.17) is 14.5 Å². The van der Waals surface area contributed by atoms with Crippen molar-refractivity contribution in [2.75, 3.05) is 12.4 Å². The first-order valence-corrected chi connectivity index (χ1v) is 8.12. The summed E-state index contributed by atoms with van der Waals surface area (Å²) in [4.78, 5) is 38.5. The van der Waals surface area contributed by atoms with Crippen LogP contribution in [-0.2, 0) is 6.54 Å². The summed E-state index contributed by atoms with van der Waals surface area (Å²) in [6.45, 7) is 0.346. The Bertz CT molecular complexity index is 913. The Labute approximate surface area is 137 Å². The summed E-state index contributed by atoms with van der Waals surface area (Å²) in [6, 6.07) is 4.88. The van der Waals surface area contributed by atoms with E-state index in [1.54, 1.807) is 12.1 Å². The third-order valence-corrected chi connectivity index (χ3v) is 3.98. The predicted octanol–water partition coefficient (Wildman–Crippen LogP) is 0.256. The maximum absolute atomic E-state index is 12.0. The summed E-state index contributed by atoms with van der Waals surface area (Å²) < 4.78 is 5.14. The fourth-order valence-electron chi connectivity index (χ4n) is 2.15. The van der Waals surface area contributed by atoms with E-state index < -0.39 is 8.38 Å². The number of aromatic amines is 1. The van der Waals surface area contributed by atoms with Gasteiger partial charge in [0.15, 0.2) is 0 Å². The zero-order chi connectivity index (χ0) is 17.1. The van der Waals surface area contributed by atoms with Crippen LogP contribution in [0.4, 0.5) is 5.82 Å². The van der Waals surface area contributed by atoms with E-state index in [1.807, 2.05) is 0 Å². The SMILES string of the molecule is COc1cc2cn[nH]c(=O)c2c(NCc2ccc(P(O)O)nc2)n1. The number of hydrogen-bond acceptors (Lipinski definition) is 8. The fraction of sp³-hybridized carbons (Fsp3) is 0.143. The molecule has 0 amide bonds. The summed E-state index contributed by atoms with van der Waals surface area (Å²) in [5, 5.41) is 10.2. The number of hydrogen-bond donors (Lipinski definition) is 4. The van der Waals surface area contributed by atoms with Crippen molar-refractivity contribution in [2.24, 2.45) is 0 Å². The lowest BCUT2D eigenvalue weighted by molar-refractivity contribution is 0.399. The zero-order valence-electron chi connectivity index (χ0n) is 12.6. The van der Waals surface area contributed by atoms with Gasteiger partial charge in [-0.15, -0.1) is 0 Å². The van der Waals surface area contributed by atoms with Gasteiger partial charge >= 0.3 is 0 Å². The number of nitrogens with zero attached hydrogens (tertiary/aromatic N) is 3. The van der Waals surface area contributed by atoms with Crippen molar-refractivity contribution >= 4 is 30.4 Å². The molecule has 0 saturated heterocycles. The highest BCUT2D eigenvalue weighted by Gasteiger charge is 2.11. The Balaban J connectivity index is 1.90. The average molecular weight is 347 g/mol. The van der Waals surface area contributed by atoms with Crippen molar-refractivity contribution in [3.05, 3.63) is 46.5 Å². The molecule has 0 saturated carbocycles. The minimum atomic E-state index is -2.21. The van der Waals surface area contributed by atoms with Gasteiger partial charge in [0.1, 0.15) is 11.3 Å². The van der Waals surface area contributed by atoms with Gasteiger partial charge in [0.2, 0.25) is 14.3 Å². The molecule has 9 nitrogen and oxygen atoms in total. The molecule has 0 spiro atoms. The number of ether oxygens (including phenoxy) is 1.